The Balaban J connectivity index is 1.87. The van der Waals surface area contributed by atoms with Crippen LogP contribution < -0.4 is 10.6 Å². The van der Waals surface area contributed by atoms with E-state index in [2.05, 4.69) is 15.6 Å². The summed E-state index contributed by atoms with van der Waals surface area (Å²) in [6, 6.07) is 5.08. The standard InChI is InChI=1S/C14H17ClN4O3/c1-19-11-5-4-9(15)7-10(11)18-12(19)8-17-14(22)16-6-2-3-13(20)21/h4-5,7H,2-3,6,8H2,1H3,(H,20,21)(H2,16,17,22). The second kappa shape index (κ2) is 7.13. The van der Waals surface area contributed by atoms with E-state index in [1.807, 2.05) is 17.7 Å². The fourth-order valence-corrected chi connectivity index (χ4v) is 2.21. The van der Waals surface area contributed by atoms with Crippen molar-refractivity contribution in [3.63, 3.8) is 0 Å². The molecular formula is C14H17ClN4O3. The third-order valence-corrected chi connectivity index (χ3v) is 3.43. The molecule has 0 spiro atoms. The lowest BCUT2D eigenvalue weighted by atomic mass is 10.3. The average Bonchev–Trinajstić information content (AvgIpc) is 2.77. The third-order valence-electron chi connectivity index (χ3n) is 3.20. The molecule has 1 aromatic heterocycles. The van der Waals surface area contributed by atoms with Crippen LogP contribution in [-0.4, -0.2) is 33.2 Å². The predicted octanol–water partition coefficient (Wildman–Crippen LogP) is 1.89. The highest BCUT2D eigenvalue weighted by Crippen LogP contribution is 2.19. The zero-order chi connectivity index (χ0) is 16.1. The van der Waals surface area contributed by atoms with Gasteiger partial charge in [-0.15, -0.1) is 0 Å². The first-order chi connectivity index (χ1) is 10.5. The summed E-state index contributed by atoms with van der Waals surface area (Å²) in [6.07, 6.45) is 0.430. The number of amides is 2. The summed E-state index contributed by atoms with van der Waals surface area (Å²) >= 11 is 5.93. The Morgan fingerprint density at radius 1 is 1.36 bits per heavy atom. The maximum Gasteiger partial charge on any atom is 0.315 e. The van der Waals surface area contributed by atoms with Crippen molar-refractivity contribution in [3.05, 3.63) is 29.0 Å². The minimum Gasteiger partial charge on any atom is -0.481 e. The van der Waals surface area contributed by atoms with Gasteiger partial charge in [-0.05, 0) is 24.6 Å². The van der Waals surface area contributed by atoms with Crippen molar-refractivity contribution < 1.29 is 14.7 Å². The molecule has 0 aliphatic heterocycles. The van der Waals surface area contributed by atoms with Crippen LogP contribution in [0.15, 0.2) is 18.2 Å². The molecule has 118 valence electrons. The maximum atomic E-state index is 11.6. The van der Waals surface area contributed by atoms with Crippen LogP contribution in [0.4, 0.5) is 4.79 Å². The van der Waals surface area contributed by atoms with Gasteiger partial charge >= 0.3 is 12.0 Å². The van der Waals surface area contributed by atoms with E-state index >= 15 is 0 Å². The van der Waals surface area contributed by atoms with E-state index in [0.29, 0.717) is 23.8 Å². The van der Waals surface area contributed by atoms with Gasteiger partial charge in [-0.3, -0.25) is 4.79 Å². The number of nitrogens with one attached hydrogen (secondary N) is 2. The minimum absolute atomic E-state index is 0.0335. The number of hydrogen-bond donors (Lipinski definition) is 3. The van der Waals surface area contributed by atoms with Gasteiger partial charge in [0.2, 0.25) is 0 Å². The van der Waals surface area contributed by atoms with Crippen molar-refractivity contribution in [2.45, 2.75) is 19.4 Å². The summed E-state index contributed by atoms with van der Waals surface area (Å²) in [5.74, 6) is -0.168. The zero-order valence-electron chi connectivity index (χ0n) is 12.1. The fraction of sp³-hybridized carbons (Fsp3) is 0.357. The van der Waals surface area contributed by atoms with Gasteiger partial charge in [0.25, 0.3) is 0 Å². The Morgan fingerprint density at radius 3 is 2.86 bits per heavy atom. The molecule has 0 aliphatic rings. The minimum atomic E-state index is -0.874. The lowest BCUT2D eigenvalue weighted by molar-refractivity contribution is -0.137. The molecular weight excluding hydrogens is 308 g/mol. The van der Waals surface area contributed by atoms with E-state index in [1.165, 1.54) is 0 Å². The molecule has 22 heavy (non-hydrogen) atoms. The molecule has 0 unspecified atom stereocenters. The number of aliphatic carboxylic acids is 1. The Kier molecular flexibility index (Phi) is 5.21. The van der Waals surface area contributed by atoms with E-state index in [-0.39, 0.29) is 19.0 Å². The van der Waals surface area contributed by atoms with Crippen LogP contribution in [0.5, 0.6) is 0 Å². The number of carbonyl (C=O) groups excluding carboxylic acids is 1. The average molecular weight is 325 g/mol. The molecule has 3 N–H and O–H groups in total. The number of fused-ring (bicyclic) bond motifs is 1. The van der Waals surface area contributed by atoms with Crippen LogP contribution in [0.25, 0.3) is 11.0 Å². The number of urea groups is 1. The topological polar surface area (TPSA) is 96.2 Å². The lowest BCUT2D eigenvalue weighted by Crippen LogP contribution is -2.36. The first-order valence-electron chi connectivity index (χ1n) is 6.81. The number of hydrogen-bond acceptors (Lipinski definition) is 3. The number of imidazole rings is 1. The van der Waals surface area contributed by atoms with Crippen molar-refractivity contribution >= 4 is 34.6 Å². The van der Waals surface area contributed by atoms with Crippen molar-refractivity contribution in [3.8, 4) is 0 Å². The van der Waals surface area contributed by atoms with Crippen LogP contribution >= 0.6 is 11.6 Å². The van der Waals surface area contributed by atoms with E-state index in [0.717, 1.165) is 11.0 Å². The van der Waals surface area contributed by atoms with Gasteiger partial charge in [-0.25, -0.2) is 9.78 Å². The largest absolute Gasteiger partial charge is 0.481 e. The highest BCUT2D eigenvalue weighted by molar-refractivity contribution is 6.31. The Morgan fingerprint density at radius 2 is 2.14 bits per heavy atom. The van der Waals surface area contributed by atoms with Gasteiger partial charge in [-0.2, -0.15) is 0 Å². The van der Waals surface area contributed by atoms with Crippen LogP contribution in [0, 0.1) is 0 Å². The molecule has 0 bridgehead atoms. The molecule has 0 atom stereocenters. The van der Waals surface area contributed by atoms with Gasteiger partial charge < -0.3 is 20.3 Å². The van der Waals surface area contributed by atoms with Gasteiger partial charge in [0.05, 0.1) is 17.6 Å². The van der Waals surface area contributed by atoms with Gasteiger partial charge in [-0.1, -0.05) is 11.6 Å². The first-order valence-corrected chi connectivity index (χ1v) is 7.19. The quantitative estimate of drug-likeness (QED) is 0.707. The van der Waals surface area contributed by atoms with Crippen molar-refractivity contribution in [1.29, 1.82) is 0 Å². The van der Waals surface area contributed by atoms with Crippen LogP contribution in [0.1, 0.15) is 18.7 Å². The van der Waals surface area contributed by atoms with E-state index in [1.54, 1.807) is 12.1 Å². The smallest absolute Gasteiger partial charge is 0.315 e. The number of aryl methyl sites for hydroxylation is 1. The van der Waals surface area contributed by atoms with E-state index < -0.39 is 5.97 Å². The number of aromatic nitrogens is 2. The SMILES string of the molecule is Cn1c(CNC(=O)NCCCC(=O)O)nc2cc(Cl)ccc21. The maximum absolute atomic E-state index is 11.6. The van der Waals surface area contributed by atoms with Gasteiger partial charge in [0.15, 0.2) is 0 Å². The van der Waals surface area contributed by atoms with Crippen LogP contribution in [0.3, 0.4) is 0 Å². The fourth-order valence-electron chi connectivity index (χ4n) is 2.04. The highest BCUT2D eigenvalue weighted by atomic mass is 35.5. The molecule has 0 fully saturated rings. The lowest BCUT2D eigenvalue weighted by Gasteiger charge is -2.07. The molecule has 7 nitrogen and oxygen atoms in total. The van der Waals surface area contributed by atoms with E-state index in [9.17, 15) is 9.59 Å². The number of carboxylic acids is 1. The number of carbonyl (C=O) groups is 2. The molecule has 1 aromatic carbocycles. The summed E-state index contributed by atoms with van der Waals surface area (Å²) in [4.78, 5) is 26.4. The second-order valence-electron chi connectivity index (χ2n) is 4.83. The van der Waals surface area contributed by atoms with E-state index in [4.69, 9.17) is 16.7 Å². The third kappa shape index (κ3) is 4.11. The monoisotopic (exact) mass is 324 g/mol. The summed E-state index contributed by atoms with van der Waals surface area (Å²) in [5, 5.41) is 14.4. The Bertz CT molecular complexity index is 699. The van der Waals surface area contributed by atoms with Gasteiger partial charge in [0, 0.05) is 25.0 Å². The van der Waals surface area contributed by atoms with Crippen LogP contribution in [-0.2, 0) is 18.4 Å². The molecule has 2 amide bonds. The van der Waals surface area contributed by atoms with Crippen molar-refractivity contribution in [2.24, 2.45) is 7.05 Å². The second-order valence-corrected chi connectivity index (χ2v) is 5.26. The zero-order valence-corrected chi connectivity index (χ0v) is 12.9. The molecule has 0 saturated heterocycles. The highest BCUT2D eigenvalue weighted by Gasteiger charge is 2.09. The molecule has 8 heteroatoms. The van der Waals surface area contributed by atoms with Crippen molar-refractivity contribution in [1.82, 2.24) is 20.2 Å². The number of nitrogens with zero attached hydrogens (tertiary/aromatic N) is 2. The summed E-state index contributed by atoms with van der Waals surface area (Å²) in [5.41, 5.74) is 1.71. The molecule has 2 aromatic rings. The molecule has 0 aliphatic carbocycles. The molecule has 0 radical (unpaired) electrons. The predicted molar refractivity (Wildman–Crippen MR) is 82.8 cm³/mol. The molecule has 1 heterocycles. The Labute approximate surface area is 132 Å². The first kappa shape index (κ1) is 16.1. The Hall–Kier alpha value is -2.28. The molecule has 2 rings (SSSR count). The normalized spacial score (nSPS) is 10.6. The van der Waals surface area contributed by atoms with Crippen LogP contribution in [0.2, 0.25) is 5.02 Å². The van der Waals surface area contributed by atoms with Gasteiger partial charge in [0.1, 0.15) is 5.82 Å². The van der Waals surface area contributed by atoms with Crippen molar-refractivity contribution in [2.75, 3.05) is 6.54 Å². The number of halogens is 1. The number of benzene rings is 1. The summed E-state index contributed by atoms with van der Waals surface area (Å²) in [7, 11) is 1.87. The number of carboxylic acid groups (broad SMARTS) is 1. The molecule has 0 saturated carbocycles. The summed E-state index contributed by atoms with van der Waals surface area (Å²) < 4.78 is 1.89. The summed E-state index contributed by atoms with van der Waals surface area (Å²) in [6.45, 7) is 0.587. The number of rotatable bonds is 6.